The van der Waals surface area contributed by atoms with Crippen LogP contribution in [-0.4, -0.2) is 37.0 Å². The van der Waals surface area contributed by atoms with Crippen LogP contribution in [0.3, 0.4) is 0 Å². The predicted octanol–water partition coefficient (Wildman–Crippen LogP) is 2.13. The Morgan fingerprint density at radius 3 is 2.72 bits per heavy atom. The summed E-state index contributed by atoms with van der Waals surface area (Å²) in [6.07, 6.45) is 2.59. The Labute approximate surface area is 109 Å². The van der Waals surface area contributed by atoms with Gasteiger partial charge in [-0.3, -0.25) is 4.79 Å². The molecule has 0 atom stereocenters. The van der Waals surface area contributed by atoms with Crippen LogP contribution in [0, 0.1) is 13.8 Å². The van der Waals surface area contributed by atoms with Crippen LogP contribution in [0.5, 0.6) is 0 Å². The van der Waals surface area contributed by atoms with E-state index in [-0.39, 0.29) is 5.91 Å². The molecule has 0 unspecified atom stereocenters. The lowest BCUT2D eigenvalue weighted by Crippen LogP contribution is -2.33. The number of rotatable bonds is 4. The first-order valence-corrected chi connectivity index (χ1v) is 6.75. The van der Waals surface area contributed by atoms with Gasteiger partial charge in [0.1, 0.15) is 0 Å². The molecule has 1 heterocycles. The van der Waals surface area contributed by atoms with Gasteiger partial charge in [0.05, 0.1) is 0 Å². The molecule has 98 valence electrons. The Kier molecular flexibility index (Phi) is 4.37. The van der Waals surface area contributed by atoms with E-state index in [1.807, 2.05) is 32.0 Å². The summed E-state index contributed by atoms with van der Waals surface area (Å²) in [5.41, 5.74) is 3.05. The maximum Gasteiger partial charge on any atom is 0.251 e. The standard InChI is InChI=1S/C15H22N2O/c1-12-6-5-7-14(13(12)2)15(18)16-8-11-17-9-3-4-10-17/h5-7H,3-4,8-11H2,1-2H3,(H,16,18). The Bertz CT molecular complexity index is 423. The summed E-state index contributed by atoms with van der Waals surface area (Å²) in [4.78, 5) is 14.5. The quantitative estimate of drug-likeness (QED) is 0.882. The van der Waals surface area contributed by atoms with Crippen molar-refractivity contribution in [2.45, 2.75) is 26.7 Å². The van der Waals surface area contributed by atoms with E-state index in [1.165, 1.54) is 31.5 Å². The monoisotopic (exact) mass is 246 g/mol. The SMILES string of the molecule is Cc1cccc(C(=O)NCCN2CCCC2)c1C. The van der Waals surface area contributed by atoms with Gasteiger partial charge in [-0.05, 0) is 57.0 Å². The summed E-state index contributed by atoms with van der Waals surface area (Å²) < 4.78 is 0. The number of benzene rings is 1. The van der Waals surface area contributed by atoms with Gasteiger partial charge in [0.15, 0.2) is 0 Å². The lowest BCUT2D eigenvalue weighted by Gasteiger charge is -2.15. The van der Waals surface area contributed by atoms with Crippen LogP contribution in [0.4, 0.5) is 0 Å². The lowest BCUT2D eigenvalue weighted by molar-refractivity contribution is 0.0949. The maximum absolute atomic E-state index is 12.1. The molecule has 1 saturated heterocycles. The molecular formula is C15H22N2O. The third-order valence-electron chi connectivity index (χ3n) is 3.76. The molecule has 0 aromatic heterocycles. The minimum atomic E-state index is 0.0513. The second-order valence-electron chi connectivity index (χ2n) is 5.05. The van der Waals surface area contributed by atoms with Crippen LogP contribution in [0.1, 0.15) is 34.3 Å². The van der Waals surface area contributed by atoms with E-state index >= 15 is 0 Å². The number of amides is 1. The molecular weight excluding hydrogens is 224 g/mol. The summed E-state index contributed by atoms with van der Waals surface area (Å²) in [5, 5.41) is 3.01. The second-order valence-corrected chi connectivity index (χ2v) is 5.05. The molecule has 0 saturated carbocycles. The summed E-state index contributed by atoms with van der Waals surface area (Å²) >= 11 is 0. The topological polar surface area (TPSA) is 32.3 Å². The Balaban J connectivity index is 1.85. The summed E-state index contributed by atoms with van der Waals surface area (Å²) in [6.45, 7) is 8.11. The van der Waals surface area contributed by atoms with Crippen molar-refractivity contribution in [3.8, 4) is 0 Å². The van der Waals surface area contributed by atoms with Gasteiger partial charge in [-0.1, -0.05) is 12.1 Å². The molecule has 18 heavy (non-hydrogen) atoms. The van der Waals surface area contributed by atoms with E-state index in [0.29, 0.717) is 0 Å². The van der Waals surface area contributed by atoms with E-state index < -0.39 is 0 Å². The highest BCUT2D eigenvalue weighted by molar-refractivity contribution is 5.95. The zero-order chi connectivity index (χ0) is 13.0. The van der Waals surface area contributed by atoms with E-state index in [0.717, 1.165) is 24.2 Å². The normalized spacial score (nSPS) is 15.9. The van der Waals surface area contributed by atoms with Crippen molar-refractivity contribution in [3.05, 3.63) is 34.9 Å². The van der Waals surface area contributed by atoms with Crippen molar-refractivity contribution >= 4 is 5.91 Å². The molecule has 0 aliphatic carbocycles. The van der Waals surface area contributed by atoms with Crippen molar-refractivity contribution in [3.63, 3.8) is 0 Å². The fraction of sp³-hybridized carbons (Fsp3) is 0.533. The zero-order valence-corrected chi connectivity index (χ0v) is 11.3. The Hall–Kier alpha value is -1.35. The zero-order valence-electron chi connectivity index (χ0n) is 11.3. The first-order chi connectivity index (χ1) is 8.68. The van der Waals surface area contributed by atoms with Crippen LogP contribution in [0.15, 0.2) is 18.2 Å². The summed E-state index contributed by atoms with van der Waals surface area (Å²) in [6, 6.07) is 5.88. The molecule has 0 radical (unpaired) electrons. The van der Waals surface area contributed by atoms with E-state index in [9.17, 15) is 4.79 Å². The fourth-order valence-corrected chi connectivity index (χ4v) is 2.43. The van der Waals surface area contributed by atoms with E-state index in [4.69, 9.17) is 0 Å². The number of carbonyl (C=O) groups is 1. The van der Waals surface area contributed by atoms with Gasteiger partial charge in [0.2, 0.25) is 0 Å². The third-order valence-corrected chi connectivity index (χ3v) is 3.76. The maximum atomic E-state index is 12.1. The van der Waals surface area contributed by atoms with Crippen LogP contribution in [-0.2, 0) is 0 Å². The number of likely N-dealkylation sites (tertiary alicyclic amines) is 1. The highest BCUT2D eigenvalue weighted by atomic mass is 16.1. The van der Waals surface area contributed by atoms with Crippen molar-refractivity contribution < 1.29 is 4.79 Å². The molecule has 1 aromatic carbocycles. The van der Waals surface area contributed by atoms with E-state index in [1.54, 1.807) is 0 Å². The minimum absolute atomic E-state index is 0.0513. The molecule has 0 bridgehead atoms. The first kappa shape index (κ1) is 13.1. The fourth-order valence-electron chi connectivity index (χ4n) is 2.43. The average Bonchev–Trinajstić information content (AvgIpc) is 2.85. The number of hydrogen-bond donors (Lipinski definition) is 1. The van der Waals surface area contributed by atoms with Gasteiger partial charge in [-0.15, -0.1) is 0 Å². The summed E-state index contributed by atoms with van der Waals surface area (Å²) in [5.74, 6) is 0.0513. The van der Waals surface area contributed by atoms with Crippen LogP contribution in [0.25, 0.3) is 0 Å². The predicted molar refractivity (Wildman–Crippen MR) is 73.9 cm³/mol. The molecule has 1 amide bonds. The molecule has 2 rings (SSSR count). The van der Waals surface area contributed by atoms with Gasteiger partial charge in [0, 0.05) is 18.7 Å². The third kappa shape index (κ3) is 3.10. The average molecular weight is 246 g/mol. The van der Waals surface area contributed by atoms with Crippen molar-refractivity contribution in [1.82, 2.24) is 10.2 Å². The summed E-state index contributed by atoms with van der Waals surface area (Å²) in [7, 11) is 0. The number of aryl methyl sites for hydroxylation is 1. The van der Waals surface area contributed by atoms with Gasteiger partial charge in [0.25, 0.3) is 5.91 Å². The molecule has 1 fully saturated rings. The molecule has 1 aliphatic rings. The van der Waals surface area contributed by atoms with Crippen molar-refractivity contribution in [2.75, 3.05) is 26.2 Å². The molecule has 0 spiro atoms. The highest BCUT2D eigenvalue weighted by Gasteiger charge is 2.12. The largest absolute Gasteiger partial charge is 0.351 e. The number of carbonyl (C=O) groups excluding carboxylic acids is 1. The number of nitrogens with one attached hydrogen (secondary N) is 1. The Morgan fingerprint density at radius 1 is 1.28 bits per heavy atom. The van der Waals surface area contributed by atoms with Gasteiger partial charge in [-0.2, -0.15) is 0 Å². The van der Waals surface area contributed by atoms with E-state index in [2.05, 4.69) is 10.2 Å². The van der Waals surface area contributed by atoms with Gasteiger partial charge >= 0.3 is 0 Å². The molecule has 1 N–H and O–H groups in total. The van der Waals surface area contributed by atoms with Crippen molar-refractivity contribution in [2.24, 2.45) is 0 Å². The smallest absolute Gasteiger partial charge is 0.251 e. The molecule has 3 nitrogen and oxygen atoms in total. The van der Waals surface area contributed by atoms with Crippen LogP contribution < -0.4 is 5.32 Å². The second kappa shape index (κ2) is 6.01. The van der Waals surface area contributed by atoms with Crippen LogP contribution in [0.2, 0.25) is 0 Å². The highest BCUT2D eigenvalue weighted by Crippen LogP contribution is 2.12. The van der Waals surface area contributed by atoms with Gasteiger partial charge < -0.3 is 10.2 Å². The molecule has 1 aromatic rings. The van der Waals surface area contributed by atoms with Crippen LogP contribution >= 0.6 is 0 Å². The van der Waals surface area contributed by atoms with Crippen molar-refractivity contribution in [1.29, 1.82) is 0 Å². The van der Waals surface area contributed by atoms with Gasteiger partial charge in [-0.25, -0.2) is 0 Å². The molecule has 1 aliphatic heterocycles. The molecule has 3 heteroatoms. The number of hydrogen-bond acceptors (Lipinski definition) is 2. The Morgan fingerprint density at radius 2 is 2.00 bits per heavy atom. The lowest BCUT2D eigenvalue weighted by atomic mass is 10.0. The minimum Gasteiger partial charge on any atom is -0.351 e. The first-order valence-electron chi connectivity index (χ1n) is 6.75. The number of nitrogens with zero attached hydrogens (tertiary/aromatic N) is 1.